The average molecular weight is 276 g/mol. The van der Waals surface area contributed by atoms with Crippen LogP contribution in [0.1, 0.15) is 29.2 Å². The fourth-order valence-corrected chi connectivity index (χ4v) is 2.24. The molecular formula is C16H18F2N2. The van der Waals surface area contributed by atoms with E-state index in [1.165, 1.54) is 0 Å². The number of pyridine rings is 1. The predicted octanol–water partition coefficient (Wildman–Crippen LogP) is 3.56. The van der Waals surface area contributed by atoms with E-state index in [0.29, 0.717) is 17.5 Å². The Bertz CT molecular complexity index is 570. The summed E-state index contributed by atoms with van der Waals surface area (Å²) in [6, 6.07) is 6.90. The summed E-state index contributed by atoms with van der Waals surface area (Å²) in [5.74, 6) is -1.51. The molecule has 1 aromatic carbocycles. The second-order valence-corrected chi connectivity index (χ2v) is 4.84. The Morgan fingerprint density at radius 1 is 1.20 bits per heavy atom. The first kappa shape index (κ1) is 14.6. The van der Waals surface area contributed by atoms with Gasteiger partial charge in [0.25, 0.3) is 0 Å². The first-order valence-corrected chi connectivity index (χ1v) is 6.64. The molecule has 2 aromatic rings. The maximum Gasteiger partial charge on any atom is 0.163 e. The number of hydrogen-bond donors (Lipinski definition) is 1. The van der Waals surface area contributed by atoms with Crippen molar-refractivity contribution < 1.29 is 8.78 Å². The third kappa shape index (κ3) is 3.20. The van der Waals surface area contributed by atoms with E-state index in [1.807, 2.05) is 12.1 Å². The highest BCUT2D eigenvalue weighted by Gasteiger charge is 2.18. The summed E-state index contributed by atoms with van der Waals surface area (Å²) >= 11 is 0. The molecule has 1 N–H and O–H groups in total. The van der Waals surface area contributed by atoms with Gasteiger partial charge < -0.3 is 5.32 Å². The van der Waals surface area contributed by atoms with Crippen LogP contribution in [0.15, 0.2) is 36.7 Å². The maximum absolute atomic E-state index is 14.0. The van der Waals surface area contributed by atoms with E-state index < -0.39 is 11.6 Å². The molecule has 0 fully saturated rings. The first-order chi connectivity index (χ1) is 9.63. The summed E-state index contributed by atoms with van der Waals surface area (Å²) in [6.45, 7) is 1.56. The van der Waals surface area contributed by atoms with Crippen LogP contribution in [0, 0.1) is 18.6 Å². The fourth-order valence-electron chi connectivity index (χ4n) is 2.24. The van der Waals surface area contributed by atoms with E-state index in [4.69, 9.17) is 0 Å². The third-order valence-corrected chi connectivity index (χ3v) is 3.47. The fraction of sp³-hybridized carbons (Fsp3) is 0.312. The van der Waals surface area contributed by atoms with E-state index in [1.54, 1.807) is 38.5 Å². The largest absolute Gasteiger partial charge is 0.313 e. The van der Waals surface area contributed by atoms with Crippen molar-refractivity contribution in [3.63, 3.8) is 0 Å². The quantitative estimate of drug-likeness (QED) is 0.903. The average Bonchev–Trinajstić information content (AvgIpc) is 2.48. The van der Waals surface area contributed by atoms with E-state index in [9.17, 15) is 8.78 Å². The zero-order valence-corrected chi connectivity index (χ0v) is 11.7. The number of nitrogens with one attached hydrogen (secondary N) is 1. The molecule has 0 aliphatic heterocycles. The van der Waals surface area contributed by atoms with Gasteiger partial charge in [-0.05, 0) is 44.0 Å². The molecule has 1 heterocycles. The van der Waals surface area contributed by atoms with Crippen molar-refractivity contribution in [2.75, 3.05) is 7.05 Å². The molecule has 1 unspecified atom stereocenters. The van der Waals surface area contributed by atoms with Gasteiger partial charge in [-0.1, -0.05) is 18.2 Å². The second-order valence-electron chi connectivity index (χ2n) is 4.84. The molecule has 0 aliphatic carbocycles. The van der Waals surface area contributed by atoms with Crippen molar-refractivity contribution in [2.24, 2.45) is 0 Å². The Labute approximate surface area is 117 Å². The Balaban J connectivity index is 2.15. The molecule has 0 spiro atoms. The van der Waals surface area contributed by atoms with Crippen LogP contribution in [0.25, 0.3) is 0 Å². The summed E-state index contributed by atoms with van der Waals surface area (Å²) in [6.07, 6.45) is 4.95. The molecule has 4 heteroatoms. The van der Waals surface area contributed by atoms with Crippen LogP contribution in [0.3, 0.4) is 0 Å². The molecular weight excluding hydrogens is 258 g/mol. The van der Waals surface area contributed by atoms with Gasteiger partial charge in [0, 0.05) is 24.0 Å². The summed E-state index contributed by atoms with van der Waals surface area (Å²) in [5, 5.41) is 3.05. The lowest BCUT2D eigenvalue weighted by Crippen LogP contribution is -2.19. The standard InChI is InChI=1S/C16H18F2N2/c1-11-5-7-13(16(18)15(11)17)14(19-2)8-6-12-4-3-9-20-10-12/h3-5,7,9-10,14,19H,6,8H2,1-2H3. The molecule has 0 amide bonds. The zero-order valence-electron chi connectivity index (χ0n) is 11.7. The van der Waals surface area contributed by atoms with Crippen LogP contribution in [0.4, 0.5) is 8.78 Å². The van der Waals surface area contributed by atoms with Crippen molar-refractivity contribution in [1.82, 2.24) is 10.3 Å². The van der Waals surface area contributed by atoms with Gasteiger partial charge in [0.2, 0.25) is 0 Å². The highest BCUT2D eigenvalue weighted by molar-refractivity contribution is 5.28. The number of halogens is 2. The van der Waals surface area contributed by atoms with Gasteiger partial charge in [-0.2, -0.15) is 0 Å². The summed E-state index contributed by atoms with van der Waals surface area (Å²) in [7, 11) is 1.76. The van der Waals surface area contributed by atoms with Gasteiger partial charge in [0.15, 0.2) is 11.6 Å². The number of benzene rings is 1. The summed E-state index contributed by atoms with van der Waals surface area (Å²) in [4.78, 5) is 4.05. The van der Waals surface area contributed by atoms with Gasteiger partial charge in [-0.3, -0.25) is 4.98 Å². The van der Waals surface area contributed by atoms with Crippen LogP contribution < -0.4 is 5.32 Å². The monoisotopic (exact) mass is 276 g/mol. The smallest absolute Gasteiger partial charge is 0.163 e. The Kier molecular flexibility index (Phi) is 4.79. The molecule has 106 valence electrons. The molecule has 2 nitrogen and oxygen atoms in total. The van der Waals surface area contributed by atoms with Gasteiger partial charge in [0.05, 0.1) is 0 Å². The maximum atomic E-state index is 14.0. The molecule has 0 aliphatic rings. The molecule has 0 radical (unpaired) electrons. The molecule has 0 bridgehead atoms. The Morgan fingerprint density at radius 3 is 2.65 bits per heavy atom. The van der Waals surface area contributed by atoms with Gasteiger partial charge in [-0.25, -0.2) is 8.78 Å². The van der Waals surface area contributed by atoms with Crippen LogP contribution in [-0.2, 0) is 6.42 Å². The van der Waals surface area contributed by atoms with E-state index in [0.717, 1.165) is 12.0 Å². The number of aryl methyl sites for hydroxylation is 2. The lowest BCUT2D eigenvalue weighted by molar-refractivity contribution is 0.460. The molecule has 0 saturated heterocycles. The number of nitrogens with zero attached hydrogens (tertiary/aromatic N) is 1. The van der Waals surface area contributed by atoms with E-state index >= 15 is 0 Å². The lowest BCUT2D eigenvalue weighted by Gasteiger charge is -2.18. The van der Waals surface area contributed by atoms with E-state index in [2.05, 4.69) is 10.3 Å². The normalized spacial score (nSPS) is 12.4. The SMILES string of the molecule is CNC(CCc1cccnc1)c1ccc(C)c(F)c1F. The number of rotatable bonds is 5. The Hall–Kier alpha value is -1.81. The minimum absolute atomic E-state index is 0.217. The lowest BCUT2D eigenvalue weighted by atomic mass is 9.98. The first-order valence-electron chi connectivity index (χ1n) is 6.64. The van der Waals surface area contributed by atoms with Gasteiger partial charge in [-0.15, -0.1) is 0 Å². The van der Waals surface area contributed by atoms with Crippen molar-refractivity contribution in [3.05, 3.63) is 65.0 Å². The minimum atomic E-state index is -0.760. The minimum Gasteiger partial charge on any atom is -0.313 e. The highest BCUT2D eigenvalue weighted by atomic mass is 19.2. The number of hydrogen-bond acceptors (Lipinski definition) is 2. The molecule has 2 rings (SSSR count). The summed E-state index contributed by atoms with van der Waals surface area (Å²) < 4.78 is 27.6. The van der Waals surface area contributed by atoms with Gasteiger partial charge >= 0.3 is 0 Å². The number of aromatic nitrogens is 1. The molecule has 1 atom stereocenters. The van der Waals surface area contributed by atoms with Crippen molar-refractivity contribution >= 4 is 0 Å². The predicted molar refractivity (Wildman–Crippen MR) is 75.5 cm³/mol. The Morgan fingerprint density at radius 2 is 2.00 bits per heavy atom. The highest BCUT2D eigenvalue weighted by Crippen LogP contribution is 2.24. The molecule has 1 aromatic heterocycles. The second kappa shape index (κ2) is 6.57. The van der Waals surface area contributed by atoms with Crippen molar-refractivity contribution in [3.8, 4) is 0 Å². The van der Waals surface area contributed by atoms with E-state index in [-0.39, 0.29) is 6.04 Å². The van der Waals surface area contributed by atoms with Crippen LogP contribution in [-0.4, -0.2) is 12.0 Å². The zero-order chi connectivity index (χ0) is 14.5. The molecule has 20 heavy (non-hydrogen) atoms. The third-order valence-electron chi connectivity index (χ3n) is 3.47. The van der Waals surface area contributed by atoms with Crippen LogP contribution >= 0.6 is 0 Å². The van der Waals surface area contributed by atoms with Gasteiger partial charge in [0.1, 0.15) is 0 Å². The topological polar surface area (TPSA) is 24.9 Å². The molecule has 0 saturated carbocycles. The van der Waals surface area contributed by atoms with Crippen LogP contribution in [0.5, 0.6) is 0 Å². The van der Waals surface area contributed by atoms with Crippen molar-refractivity contribution in [1.29, 1.82) is 0 Å². The van der Waals surface area contributed by atoms with Crippen LogP contribution in [0.2, 0.25) is 0 Å². The summed E-state index contributed by atoms with van der Waals surface area (Å²) in [5.41, 5.74) is 1.79. The van der Waals surface area contributed by atoms with Crippen molar-refractivity contribution in [2.45, 2.75) is 25.8 Å².